The second-order valence-electron chi connectivity index (χ2n) is 5.97. The molecule has 0 spiro atoms. The van der Waals surface area contributed by atoms with Gasteiger partial charge in [-0.05, 0) is 56.2 Å². The smallest absolute Gasteiger partial charge is 0.255 e. The molecule has 0 saturated heterocycles. The van der Waals surface area contributed by atoms with Crippen LogP contribution in [0.4, 0.5) is 4.39 Å². The highest BCUT2D eigenvalue weighted by molar-refractivity contribution is 5.98. The Morgan fingerprint density at radius 3 is 2.46 bits per heavy atom. The van der Waals surface area contributed by atoms with Gasteiger partial charge >= 0.3 is 0 Å². The Morgan fingerprint density at radius 1 is 0.964 bits per heavy atom. The van der Waals surface area contributed by atoms with Gasteiger partial charge in [0.15, 0.2) is 0 Å². The summed E-state index contributed by atoms with van der Waals surface area (Å²) in [7, 11) is 0. The van der Waals surface area contributed by atoms with Gasteiger partial charge in [0.2, 0.25) is 5.91 Å². The lowest BCUT2D eigenvalue weighted by atomic mass is 10.2. The zero-order valence-corrected chi connectivity index (χ0v) is 15.9. The molecule has 2 aromatic carbocycles. The number of ether oxygens (including phenoxy) is 2. The van der Waals surface area contributed by atoms with E-state index < -0.39 is 0 Å². The molecule has 0 atom stereocenters. The van der Waals surface area contributed by atoms with Crippen molar-refractivity contribution in [3.8, 4) is 11.5 Å². The largest absolute Gasteiger partial charge is 0.494 e. The summed E-state index contributed by atoms with van der Waals surface area (Å²) in [6.07, 6.45) is 1.47. The molecule has 0 saturated carbocycles. The van der Waals surface area contributed by atoms with Crippen molar-refractivity contribution in [2.75, 3.05) is 26.3 Å². The van der Waals surface area contributed by atoms with Gasteiger partial charge in [0.1, 0.15) is 17.3 Å². The van der Waals surface area contributed by atoms with E-state index in [9.17, 15) is 14.0 Å². The van der Waals surface area contributed by atoms with Gasteiger partial charge in [0.25, 0.3) is 5.91 Å². The van der Waals surface area contributed by atoms with E-state index in [4.69, 9.17) is 9.47 Å². The van der Waals surface area contributed by atoms with Gasteiger partial charge in [-0.3, -0.25) is 9.59 Å². The second kappa shape index (κ2) is 11.6. The lowest BCUT2D eigenvalue weighted by molar-refractivity contribution is -0.120. The molecule has 2 amide bonds. The number of para-hydroxylation sites is 1. The normalized spacial score (nSPS) is 10.2. The average Bonchev–Trinajstić information content (AvgIpc) is 2.71. The number of rotatable bonds is 11. The number of nitrogens with one attached hydrogen (secondary N) is 2. The van der Waals surface area contributed by atoms with Gasteiger partial charge < -0.3 is 20.1 Å². The van der Waals surface area contributed by atoms with Crippen LogP contribution in [0, 0.1) is 5.82 Å². The molecule has 150 valence electrons. The molecule has 0 unspecified atom stereocenters. The first-order valence-electron chi connectivity index (χ1n) is 9.25. The van der Waals surface area contributed by atoms with Crippen LogP contribution in [0.25, 0.3) is 0 Å². The summed E-state index contributed by atoms with van der Waals surface area (Å²) in [5, 5.41) is 5.33. The molecule has 2 rings (SSSR count). The minimum atomic E-state index is -0.355. The van der Waals surface area contributed by atoms with Crippen LogP contribution in [0.1, 0.15) is 30.1 Å². The van der Waals surface area contributed by atoms with Crippen LogP contribution < -0.4 is 20.1 Å². The van der Waals surface area contributed by atoms with E-state index in [1.807, 2.05) is 6.92 Å². The monoisotopic (exact) mass is 388 g/mol. The van der Waals surface area contributed by atoms with Gasteiger partial charge in [0.05, 0.1) is 25.3 Å². The lowest BCUT2D eigenvalue weighted by Gasteiger charge is -2.11. The molecule has 0 heterocycles. The van der Waals surface area contributed by atoms with E-state index in [0.29, 0.717) is 36.8 Å². The van der Waals surface area contributed by atoms with Crippen molar-refractivity contribution in [1.82, 2.24) is 10.6 Å². The minimum absolute atomic E-state index is 0.106. The van der Waals surface area contributed by atoms with Crippen LogP contribution in [0.3, 0.4) is 0 Å². The van der Waals surface area contributed by atoms with E-state index in [1.165, 1.54) is 12.1 Å². The summed E-state index contributed by atoms with van der Waals surface area (Å²) in [6, 6.07) is 12.7. The predicted molar refractivity (Wildman–Crippen MR) is 104 cm³/mol. The Balaban J connectivity index is 1.60. The number of unbranched alkanes of at least 4 members (excludes halogenated alkanes) is 1. The SMILES string of the molecule is CCOc1ccccc1C(=O)NCC(=O)NCCCCOc1ccc(F)cc1. The molecule has 0 bridgehead atoms. The van der Waals surface area contributed by atoms with Gasteiger partial charge in [-0.2, -0.15) is 0 Å². The van der Waals surface area contributed by atoms with E-state index in [2.05, 4.69) is 10.6 Å². The fourth-order valence-corrected chi connectivity index (χ4v) is 2.43. The van der Waals surface area contributed by atoms with E-state index in [1.54, 1.807) is 36.4 Å². The number of benzene rings is 2. The first kappa shape index (κ1) is 21.2. The summed E-state index contributed by atoms with van der Waals surface area (Å²) in [5.74, 6) is 0.182. The number of hydrogen-bond donors (Lipinski definition) is 2. The molecule has 2 N–H and O–H groups in total. The second-order valence-corrected chi connectivity index (χ2v) is 5.97. The van der Waals surface area contributed by atoms with E-state index >= 15 is 0 Å². The summed E-state index contributed by atoms with van der Waals surface area (Å²) < 4.78 is 23.7. The molecule has 6 nitrogen and oxygen atoms in total. The zero-order valence-electron chi connectivity index (χ0n) is 15.9. The third kappa shape index (κ3) is 7.26. The average molecular weight is 388 g/mol. The van der Waals surface area contributed by atoms with Gasteiger partial charge in [-0.25, -0.2) is 4.39 Å². The number of carbonyl (C=O) groups is 2. The standard InChI is InChI=1S/C21H25FN2O4/c1-2-27-19-8-4-3-7-18(19)21(26)24-15-20(25)23-13-5-6-14-28-17-11-9-16(22)10-12-17/h3-4,7-12H,2,5-6,13-15H2,1H3,(H,23,25)(H,24,26). The fraction of sp³-hybridized carbons (Fsp3) is 0.333. The highest BCUT2D eigenvalue weighted by Crippen LogP contribution is 2.17. The number of carbonyl (C=O) groups excluding carboxylic acids is 2. The first-order valence-corrected chi connectivity index (χ1v) is 9.25. The molecule has 0 aromatic heterocycles. The maximum absolute atomic E-state index is 12.8. The Labute approximate surface area is 164 Å². The molecule has 28 heavy (non-hydrogen) atoms. The summed E-state index contributed by atoms with van der Waals surface area (Å²) in [6.45, 7) is 3.15. The van der Waals surface area contributed by atoms with Crippen LogP contribution in [0.5, 0.6) is 11.5 Å². The molecule has 7 heteroatoms. The van der Waals surface area contributed by atoms with Crippen molar-refractivity contribution in [1.29, 1.82) is 0 Å². The fourth-order valence-electron chi connectivity index (χ4n) is 2.43. The third-order valence-corrected chi connectivity index (χ3v) is 3.82. The van der Waals surface area contributed by atoms with Crippen molar-refractivity contribution in [2.45, 2.75) is 19.8 Å². The van der Waals surface area contributed by atoms with Crippen molar-refractivity contribution in [2.24, 2.45) is 0 Å². The zero-order chi connectivity index (χ0) is 20.2. The topological polar surface area (TPSA) is 76.7 Å². The molecular weight excluding hydrogens is 363 g/mol. The van der Waals surface area contributed by atoms with E-state index in [-0.39, 0.29) is 24.2 Å². The lowest BCUT2D eigenvalue weighted by Crippen LogP contribution is -2.37. The molecular formula is C21H25FN2O4. The minimum Gasteiger partial charge on any atom is -0.494 e. The van der Waals surface area contributed by atoms with Crippen molar-refractivity contribution in [3.63, 3.8) is 0 Å². The molecule has 0 radical (unpaired) electrons. The summed E-state index contributed by atoms with van der Waals surface area (Å²) >= 11 is 0. The van der Waals surface area contributed by atoms with Crippen LogP contribution in [-0.2, 0) is 4.79 Å². The van der Waals surface area contributed by atoms with Crippen molar-refractivity contribution in [3.05, 3.63) is 59.9 Å². The molecule has 0 aliphatic carbocycles. The highest BCUT2D eigenvalue weighted by atomic mass is 19.1. The van der Waals surface area contributed by atoms with Crippen molar-refractivity contribution < 1.29 is 23.5 Å². The van der Waals surface area contributed by atoms with Gasteiger partial charge in [-0.15, -0.1) is 0 Å². The Hall–Kier alpha value is -3.09. The summed E-state index contributed by atoms with van der Waals surface area (Å²) in [5.41, 5.74) is 0.398. The van der Waals surface area contributed by atoms with E-state index in [0.717, 1.165) is 12.8 Å². The number of amides is 2. The van der Waals surface area contributed by atoms with Crippen LogP contribution in [0.15, 0.2) is 48.5 Å². The summed E-state index contributed by atoms with van der Waals surface area (Å²) in [4.78, 5) is 24.1. The first-order chi connectivity index (χ1) is 13.6. The van der Waals surface area contributed by atoms with Crippen LogP contribution >= 0.6 is 0 Å². The Bertz CT molecular complexity index is 765. The van der Waals surface area contributed by atoms with Crippen molar-refractivity contribution >= 4 is 11.8 Å². The Morgan fingerprint density at radius 2 is 1.71 bits per heavy atom. The highest BCUT2D eigenvalue weighted by Gasteiger charge is 2.12. The molecule has 0 aliphatic rings. The molecule has 2 aromatic rings. The van der Waals surface area contributed by atoms with Gasteiger partial charge in [0, 0.05) is 6.54 Å². The van der Waals surface area contributed by atoms with Gasteiger partial charge in [-0.1, -0.05) is 12.1 Å². The predicted octanol–water partition coefficient (Wildman–Crippen LogP) is 2.93. The number of hydrogen-bond acceptors (Lipinski definition) is 4. The Kier molecular flexibility index (Phi) is 8.78. The van der Waals surface area contributed by atoms with Crippen LogP contribution in [-0.4, -0.2) is 38.1 Å². The third-order valence-electron chi connectivity index (χ3n) is 3.82. The van der Waals surface area contributed by atoms with Crippen LogP contribution in [0.2, 0.25) is 0 Å². The molecule has 0 aliphatic heterocycles. The number of halogens is 1. The maximum atomic E-state index is 12.8. The molecule has 0 fully saturated rings. The quantitative estimate of drug-likeness (QED) is 0.581. The maximum Gasteiger partial charge on any atom is 0.255 e.